The van der Waals surface area contributed by atoms with E-state index in [9.17, 15) is 14.4 Å². The average molecular weight is 406 g/mol. The summed E-state index contributed by atoms with van der Waals surface area (Å²) in [4.78, 5) is 38.0. The molecule has 0 saturated carbocycles. The smallest absolute Gasteiger partial charge is 0.253 e. The zero-order chi connectivity index (χ0) is 19.4. The fourth-order valence-corrected chi connectivity index (χ4v) is 3.35. The van der Waals surface area contributed by atoms with Crippen LogP contribution >= 0.6 is 23.2 Å². The molecule has 1 heterocycles. The van der Waals surface area contributed by atoms with Gasteiger partial charge in [-0.2, -0.15) is 0 Å². The van der Waals surface area contributed by atoms with Gasteiger partial charge in [-0.1, -0.05) is 41.4 Å². The van der Waals surface area contributed by atoms with Gasteiger partial charge in [-0.15, -0.1) is 0 Å². The Hall–Kier alpha value is -2.57. The summed E-state index contributed by atoms with van der Waals surface area (Å²) in [7, 11) is 0. The lowest BCUT2D eigenvalue weighted by Crippen LogP contribution is -2.43. The molecule has 1 aliphatic heterocycles. The first-order valence-electron chi connectivity index (χ1n) is 8.34. The van der Waals surface area contributed by atoms with Gasteiger partial charge < -0.3 is 15.5 Å². The molecule has 8 heteroatoms. The minimum Gasteiger partial charge on any atom is -0.345 e. The molecule has 3 amide bonds. The molecule has 0 radical (unpaired) electrons. The number of nitrogens with zero attached hydrogens (tertiary/aromatic N) is 1. The van der Waals surface area contributed by atoms with E-state index in [-0.39, 0.29) is 29.6 Å². The van der Waals surface area contributed by atoms with Crippen molar-refractivity contribution >= 4 is 46.6 Å². The number of carbonyl (C=O) groups is 3. The highest BCUT2D eigenvalue weighted by molar-refractivity contribution is 6.36. The van der Waals surface area contributed by atoms with Crippen molar-refractivity contribution in [1.29, 1.82) is 0 Å². The van der Waals surface area contributed by atoms with Crippen molar-refractivity contribution in [3.8, 4) is 0 Å². The Labute approximate surface area is 166 Å². The van der Waals surface area contributed by atoms with E-state index < -0.39 is 11.8 Å². The Balaban J connectivity index is 1.47. The van der Waals surface area contributed by atoms with Crippen LogP contribution in [0.15, 0.2) is 42.5 Å². The molecule has 0 fully saturated rings. The van der Waals surface area contributed by atoms with Crippen molar-refractivity contribution in [1.82, 2.24) is 10.6 Å². The van der Waals surface area contributed by atoms with Crippen LogP contribution in [-0.2, 0) is 16.0 Å². The number of hydrogen-bond acceptors (Lipinski definition) is 3. The SMILES string of the molecule is O=C(CNC(=O)c1ccc(Cl)cc1Cl)NCC(=O)N1CCc2ccccc21. The van der Waals surface area contributed by atoms with Crippen LogP contribution < -0.4 is 15.5 Å². The molecule has 2 aromatic carbocycles. The predicted octanol–water partition coefficient (Wildman–Crippen LogP) is 2.43. The molecule has 2 aromatic rings. The Morgan fingerprint density at radius 3 is 2.56 bits per heavy atom. The first kappa shape index (κ1) is 19.2. The second-order valence-electron chi connectivity index (χ2n) is 6.01. The zero-order valence-electron chi connectivity index (χ0n) is 14.3. The average Bonchev–Trinajstić information content (AvgIpc) is 3.08. The van der Waals surface area contributed by atoms with Gasteiger partial charge in [-0.05, 0) is 36.2 Å². The lowest BCUT2D eigenvalue weighted by atomic mass is 10.2. The molecule has 140 valence electrons. The van der Waals surface area contributed by atoms with Crippen LogP contribution in [0.25, 0.3) is 0 Å². The van der Waals surface area contributed by atoms with E-state index in [1.165, 1.54) is 18.2 Å². The molecule has 0 bridgehead atoms. The number of hydrogen-bond donors (Lipinski definition) is 2. The topological polar surface area (TPSA) is 78.5 Å². The number of rotatable bonds is 5. The van der Waals surface area contributed by atoms with Gasteiger partial charge in [0, 0.05) is 17.3 Å². The van der Waals surface area contributed by atoms with Crippen LogP contribution in [-0.4, -0.2) is 37.4 Å². The first-order chi connectivity index (χ1) is 13.0. The summed E-state index contributed by atoms with van der Waals surface area (Å²) < 4.78 is 0. The summed E-state index contributed by atoms with van der Waals surface area (Å²) in [5.41, 5.74) is 2.21. The van der Waals surface area contributed by atoms with Gasteiger partial charge in [-0.3, -0.25) is 14.4 Å². The van der Waals surface area contributed by atoms with Crippen molar-refractivity contribution in [3.63, 3.8) is 0 Å². The number of halogens is 2. The molecule has 6 nitrogen and oxygen atoms in total. The summed E-state index contributed by atoms with van der Waals surface area (Å²) in [6, 6.07) is 12.1. The van der Waals surface area contributed by atoms with E-state index >= 15 is 0 Å². The highest BCUT2D eigenvalue weighted by atomic mass is 35.5. The third-order valence-corrected chi connectivity index (χ3v) is 4.76. The molecule has 0 spiro atoms. The van der Waals surface area contributed by atoms with E-state index in [2.05, 4.69) is 10.6 Å². The molecule has 0 aliphatic carbocycles. The zero-order valence-corrected chi connectivity index (χ0v) is 15.8. The summed E-state index contributed by atoms with van der Waals surface area (Å²) in [5, 5.41) is 5.60. The van der Waals surface area contributed by atoms with Crippen LogP contribution in [0.3, 0.4) is 0 Å². The number of para-hydroxylation sites is 1. The molecule has 3 rings (SSSR count). The Morgan fingerprint density at radius 2 is 1.78 bits per heavy atom. The van der Waals surface area contributed by atoms with Crippen LogP contribution in [0, 0.1) is 0 Å². The fourth-order valence-electron chi connectivity index (χ4n) is 2.86. The number of fused-ring (bicyclic) bond motifs is 1. The summed E-state index contributed by atoms with van der Waals surface area (Å²) in [5.74, 6) is -1.15. The maximum atomic E-state index is 12.3. The molecule has 27 heavy (non-hydrogen) atoms. The van der Waals surface area contributed by atoms with Crippen LogP contribution in [0.4, 0.5) is 5.69 Å². The minimum absolute atomic E-state index is 0.134. The predicted molar refractivity (Wildman–Crippen MR) is 104 cm³/mol. The summed E-state index contributed by atoms with van der Waals surface area (Å²) in [6.45, 7) is 0.201. The van der Waals surface area contributed by atoms with Crippen LogP contribution in [0.2, 0.25) is 10.0 Å². The normalized spacial score (nSPS) is 12.4. The Morgan fingerprint density at radius 1 is 1.00 bits per heavy atom. The Bertz CT molecular complexity index is 902. The van der Waals surface area contributed by atoms with Crippen molar-refractivity contribution < 1.29 is 14.4 Å². The third-order valence-electron chi connectivity index (χ3n) is 4.21. The standard InChI is InChI=1S/C19H17Cl2N3O3/c20-13-5-6-14(15(21)9-13)19(27)23-10-17(25)22-11-18(26)24-8-7-12-3-1-2-4-16(12)24/h1-6,9H,7-8,10-11H2,(H,22,25)(H,23,27). The van der Waals surface area contributed by atoms with Crippen molar-refractivity contribution in [2.24, 2.45) is 0 Å². The summed E-state index contributed by atoms with van der Waals surface area (Å²) in [6.07, 6.45) is 0.799. The van der Waals surface area contributed by atoms with Gasteiger partial charge in [0.05, 0.1) is 23.7 Å². The fraction of sp³-hybridized carbons (Fsp3) is 0.211. The highest BCUT2D eigenvalue weighted by Gasteiger charge is 2.24. The van der Waals surface area contributed by atoms with E-state index in [0.717, 1.165) is 17.7 Å². The van der Waals surface area contributed by atoms with Crippen LogP contribution in [0.5, 0.6) is 0 Å². The molecule has 0 unspecified atom stereocenters. The number of nitrogens with one attached hydrogen (secondary N) is 2. The largest absolute Gasteiger partial charge is 0.345 e. The molecule has 0 aromatic heterocycles. The number of carbonyl (C=O) groups excluding carboxylic acids is 3. The Kier molecular flexibility index (Phi) is 5.98. The lowest BCUT2D eigenvalue weighted by molar-refractivity contribution is -0.124. The van der Waals surface area contributed by atoms with E-state index in [0.29, 0.717) is 11.6 Å². The number of amides is 3. The van der Waals surface area contributed by atoms with Gasteiger partial charge in [-0.25, -0.2) is 0 Å². The van der Waals surface area contributed by atoms with Crippen molar-refractivity contribution in [2.45, 2.75) is 6.42 Å². The number of benzene rings is 2. The van der Waals surface area contributed by atoms with E-state index in [1.54, 1.807) is 4.90 Å². The summed E-state index contributed by atoms with van der Waals surface area (Å²) >= 11 is 11.7. The molecule has 0 atom stereocenters. The second kappa shape index (κ2) is 8.41. The minimum atomic E-state index is -0.494. The van der Waals surface area contributed by atoms with E-state index in [1.807, 2.05) is 24.3 Å². The highest BCUT2D eigenvalue weighted by Crippen LogP contribution is 2.27. The van der Waals surface area contributed by atoms with Crippen molar-refractivity contribution in [2.75, 3.05) is 24.5 Å². The number of anilines is 1. The molecule has 1 aliphatic rings. The second-order valence-corrected chi connectivity index (χ2v) is 6.85. The van der Waals surface area contributed by atoms with E-state index in [4.69, 9.17) is 23.2 Å². The molecular weight excluding hydrogens is 389 g/mol. The van der Waals surface area contributed by atoms with Gasteiger partial charge >= 0.3 is 0 Å². The van der Waals surface area contributed by atoms with Gasteiger partial charge in [0.2, 0.25) is 11.8 Å². The first-order valence-corrected chi connectivity index (χ1v) is 9.09. The molecule has 2 N–H and O–H groups in total. The van der Waals surface area contributed by atoms with Crippen molar-refractivity contribution in [3.05, 3.63) is 63.6 Å². The lowest BCUT2D eigenvalue weighted by Gasteiger charge is -2.17. The van der Waals surface area contributed by atoms with Gasteiger partial charge in [0.1, 0.15) is 0 Å². The van der Waals surface area contributed by atoms with Gasteiger partial charge in [0.25, 0.3) is 5.91 Å². The third kappa shape index (κ3) is 4.59. The molecule has 0 saturated heterocycles. The maximum absolute atomic E-state index is 12.3. The monoisotopic (exact) mass is 405 g/mol. The maximum Gasteiger partial charge on any atom is 0.253 e. The molecular formula is C19H17Cl2N3O3. The van der Waals surface area contributed by atoms with Crippen LogP contribution in [0.1, 0.15) is 15.9 Å². The quantitative estimate of drug-likeness (QED) is 0.801. The van der Waals surface area contributed by atoms with Gasteiger partial charge in [0.15, 0.2) is 0 Å².